The van der Waals surface area contributed by atoms with Gasteiger partial charge in [-0.05, 0) is 73.2 Å². The van der Waals surface area contributed by atoms with E-state index in [1.807, 2.05) is 6.08 Å². The van der Waals surface area contributed by atoms with Crippen LogP contribution in [0, 0.1) is 28.6 Å². The number of rotatable bonds is 0. The third-order valence-electron chi connectivity index (χ3n) is 7.62. The topological polar surface area (TPSA) is 37.3 Å². The van der Waals surface area contributed by atoms with Crippen LogP contribution < -0.4 is 0 Å². The second-order valence-corrected chi connectivity index (χ2v) is 8.27. The van der Waals surface area contributed by atoms with Crippen LogP contribution in [0.5, 0.6) is 0 Å². The third kappa shape index (κ3) is 1.46. The summed E-state index contributed by atoms with van der Waals surface area (Å²) in [7, 11) is 0. The van der Waals surface area contributed by atoms with Crippen molar-refractivity contribution in [3.8, 4) is 0 Å². The van der Waals surface area contributed by atoms with Crippen molar-refractivity contribution in [3.63, 3.8) is 0 Å². The molecule has 20 heavy (non-hydrogen) atoms. The first kappa shape index (κ1) is 13.1. The fourth-order valence-electron chi connectivity index (χ4n) is 6.28. The van der Waals surface area contributed by atoms with Crippen LogP contribution in [-0.2, 0) is 4.79 Å². The predicted octanol–water partition coefficient (Wildman–Crippen LogP) is 3.49. The fourth-order valence-corrected chi connectivity index (χ4v) is 6.28. The molecule has 4 aliphatic carbocycles. The molecule has 0 aliphatic heterocycles. The molecule has 0 aromatic heterocycles. The summed E-state index contributed by atoms with van der Waals surface area (Å²) < 4.78 is 0. The van der Waals surface area contributed by atoms with Gasteiger partial charge >= 0.3 is 0 Å². The van der Waals surface area contributed by atoms with Crippen LogP contribution in [0.2, 0.25) is 0 Å². The quantitative estimate of drug-likeness (QED) is 0.734. The van der Waals surface area contributed by atoms with Gasteiger partial charge in [-0.3, -0.25) is 4.79 Å². The number of carbonyl (C=O) groups is 1. The van der Waals surface area contributed by atoms with Gasteiger partial charge in [-0.1, -0.05) is 19.4 Å². The summed E-state index contributed by atoms with van der Waals surface area (Å²) in [4.78, 5) is 11.8. The van der Waals surface area contributed by atoms with E-state index < -0.39 is 0 Å². The Kier molecular flexibility index (Phi) is 2.59. The summed E-state index contributed by atoms with van der Waals surface area (Å²) in [6, 6.07) is 0. The van der Waals surface area contributed by atoms with Crippen LogP contribution in [0.4, 0.5) is 0 Å². The number of aliphatic hydroxyl groups excluding tert-OH is 1. The van der Waals surface area contributed by atoms with Crippen molar-refractivity contribution in [2.45, 2.75) is 64.9 Å². The smallest absolute Gasteiger partial charge is 0.155 e. The number of allylic oxidation sites excluding steroid dienone is 2. The molecule has 0 aromatic rings. The summed E-state index contributed by atoms with van der Waals surface area (Å²) in [5, 5.41) is 10.4. The summed E-state index contributed by atoms with van der Waals surface area (Å²) in [5.41, 5.74) is 1.87. The van der Waals surface area contributed by atoms with Crippen LogP contribution in [0.1, 0.15) is 58.8 Å². The molecule has 110 valence electrons. The molecule has 0 aromatic carbocycles. The Morgan fingerprint density at radius 2 is 1.95 bits per heavy atom. The van der Waals surface area contributed by atoms with Crippen molar-refractivity contribution >= 4 is 5.78 Å². The van der Waals surface area contributed by atoms with E-state index in [-0.39, 0.29) is 16.9 Å². The van der Waals surface area contributed by atoms with Gasteiger partial charge < -0.3 is 5.11 Å². The lowest BCUT2D eigenvalue weighted by Gasteiger charge is -2.48. The number of hydrogen-bond acceptors (Lipinski definition) is 2. The molecule has 1 N–H and O–H groups in total. The Morgan fingerprint density at radius 1 is 1.15 bits per heavy atom. The molecule has 4 aliphatic rings. The van der Waals surface area contributed by atoms with Crippen molar-refractivity contribution in [1.29, 1.82) is 0 Å². The highest BCUT2D eigenvalue weighted by molar-refractivity contribution is 5.91. The molecule has 4 rings (SSSR count). The first-order valence-electron chi connectivity index (χ1n) is 8.37. The maximum Gasteiger partial charge on any atom is 0.155 e. The summed E-state index contributed by atoms with van der Waals surface area (Å²) in [6.07, 6.45) is 9.41. The Balaban J connectivity index is 1.72. The van der Waals surface area contributed by atoms with Gasteiger partial charge in [0, 0.05) is 6.42 Å². The first-order chi connectivity index (χ1) is 9.45. The first-order valence-corrected chi connectivity index (χ1v) is 8.37. The predicted molar refractivity (Wildman–Crippen MR) is 78.1 cm³/mol. The lowest BCUT2D eigenvalue weighted by Crippen LogP contribution is -2.44. The second-order valence-electron chi connectivity index (χ2n) is 8.27. The number of carbonyl (C=O) groups excluding carboxylic acids is 1. The van der Waals surface area contributed by atoms with E-state index in [0.717, 1.165) is 31.6 Å². The zero-order chi connectivity index (χ0) is 14.1. The van der Waals surface area contributed by atoms with Crippen LogP contribution in [0.25, 0.3) is 0 Å². The highest BCUT2D eigenvalue weighted by Crippen LogP contribution is 2.67. The maximum absolute atomic E-state index is 11.8. The molecule has 0 heterocycles. The molecule has 3 fully saturated rings. The number of fused-ring (bicyclic) bond motifs is 5. The van der Waals surface area contributed by atoms with Gasteiger partial charge in [-0.15, -0.1) is 0 Å². The van der Waals surface area contributed by atoms with Crippen LogP contribution in [0.3, 0.4) is 0 Å². The van der Waals surface area contributed by atoms with Crippen molar-refractivity contribution in [1.82, 2.24) is 0 Å². The zero-order valence-corrected chi connectivity index (χ0v) is 12.7. The zero-order valence-electron chi connectivity index (χ0n) is 12.7. The van der Waals surface area contributed by atoms with E-state index in [2.05, 4.69) is 13.8 Å². The van der Waals surface area contributed by atoms with Gasteiger partial charge in [0.2, 0.25) is 0 Å². The van der Waals surface area contributed by atoms with Gasteiger partial charge in [0.05, 0.1) is 6.10 Å². The Hall–Kier alpha value is -0.630. The SMILES string of the molecule is C[C@]12CC[C@H]3[C@H](CC4=CC(=O)CC[C@]43C)[C@@H]1CC[C@@H]2O. The molecular weight excluding hydrogens is 248 g/mol. The minimum absolute atomic E-state index is 0.0977. The van der Waals surface area contributed by atoms with E-state index in [4.69, 9.17) is 0 Å². The van der Waals surface area contributed by atoms with Gasteiger partial charge in [0.1, 0.15) is 0 Å². The van der Waals surface area contributed by atoms with Gasteiger partial charge in [-0.2, -0.15) is 0 Å². The van der Waals surface area contributed by atoms with Crippen molar-refractivity contribution in [2.75, 3.05) is 0 Å². The molecule has 2 nitrogen and oxygen atoms in total. The molecule has 6 atom stereocenters. The second kappa shape index (κ2) is 3.97. The highest BCUT2D eigenvalue weighted by atomic mass is 16.3. The third-order valence-corrected chi connectivity index (χ3v) is 7.62. The molecule has 0 bridgehead atoms. The van der Waals surface area contributed by atoms with E-state index >= 15 is 0 Å². The Morgan fingerprint density at radius 3 is 2.75 bits per heavy atom. The molecule has 0 saturated heterocycles. The van der Waals surface area contributed by atoms with Crippen molar-refractivity contribution in [3.05, 3.63) is 11.6 Å². The van der Waals surface area contributed by atoms with Crippen molar-refractivity contribution < 1.29 is 9.90 Å². The standard InChI is InChI=1S/C18H26O2/c1-17-7-5-12(19)9-11(17)10-13-14-3-4-16(20)18(14,2)8-6-15(13)17/h9,13-16,20H,3-8,10H2,1-2H3/t13-,14+,15+,16+,17-,18+/m1/s1. The summed E-state index contributed by atoms with van der Waals surface area (Å²) in [5.74, 6) is 2.48. The molecule has 0 unspecified atom stereocenters. The minimum Gasteiger partial charge on any atom is -0.393 e. The number of ketones is 1. The lowest BCUT2D eigenvalue weighted by molar-refractivity contribution is -0.116. The molecule has 2 heteroatoms. The van der Waals surface area contributed by atoms with Crippen molar-refractivity contribution in [2.24, 2.45) is 28.6 Å². The average Bonchev–Trinajstić information content (AvgIpc) is 2.86. The Bertz CT molecular complexity index is 494. The average molecular weight is 274 g/mol. The van der Waals surface area contributed by atoms with Crippen LogP contribution >= 0.6 is 0 Å². The molecule has 0 radical (unpaired) electrons. The molecule has 0 amide bonds. The normalized spacial score (nSPS) is 54.1. The molecule has 0 spiro atoms. The lowest BCUT2D eigenvalue weighted by atomic mass is 9.56. The molecule has 3 saturated carbocycles. The van der Waals surface area contributed by atoms with Crippen LogP contribution in [0.15, 0.2) is 11.6 Å². The van der Waals surface area contributed by atoms with Gasteiger partial charge in [0.25, 0.3) is 0 Å². The van der Waals surface area contributed by atoms with Gasteiger partial charge in [-0.25, -0.2) is 0 Å². The number of hydrogen-bond donors (Lipinski definition) is 1. The summed E-state index contributed by atoms with van der Waals surface area (Å²) in [6.45, 7) is 4.72. The maximum atomic E-state index is 11.8. The molecular formula is C18H26O2. The van der Waals surface area contributed by atoms with Gasteiger partial charge in [0.15, 0.2) is 5.78 Å². The Labute approximate surface area is 121 Å². The van der Waals surface area contributed by atoms with E-state index in [9.17, 15) is 9.90 Å². The monoisotopic (exact) mass is 274 g/mol. The van der Waals surface area contributed by atoms with E-state index in [0.29, 0.717) is 17.6 Å². The minimum atomic E-state index is -0.0977. The fraction of sp³-hybridized carbons (Fsp3) is 0.833. The highest BCUT2D eigenvalue weighted by Gasteiger charge is 2.60. The largest absolute Gasteiger partial charge is 0.393 e. The summed E-state index contributed by atoms with van der Waals surface area (Å²) >= 11 is 0. The van der Waals surface area contributed by atoms with E-state index in [1.54, 1.807) is 0 Å². The van der Waals surface area contributed by atoms with E-state index in [1.165, 1.54) is 24.8 Å². The van der Waals surface area contributed by atoms with Crippen LogP contribution in [-0.4, -0.2) is 17.0 Å². The number of aliphatic hydroxyl groups is 1.